The molecule has 0 saturated carbocycles. The molecule has 0 amide bonds. The van der Waals surface area contributed by atoms with Crippen LogP contribution in [0.4, 0.5) is 10.1 Å². The van der Waals surface area contributed by atoms with Gasteiger partial charge in [0, 0.05) is 18.8 Å². The van der Waals surface area contributed by atoms with E-state index in [1.807, 2.05) is 17.9 Å². The molecule has 0 bridgehead atoms. The van der Waals surface area contributed by atoms with Gasteiger partial charge in [-0.1, -0.05) is 6.07 Å². The van der Waals surface area contributed by atoms with Gasteiger partial charge in [0.25, 0.3) is 0 Å². The van der Waals surface area contributed by atoms with E-state index in [0.29, 0.717) is 19.8 Å². The fraction of sp³-hybridized carbons (Fsp3) is 0.500. The first-order valence-corrected chi connectivity index (χ1v) is 5.47. The normalized spacial score (nSPS) is 10.4. The minimum absolute atomic E-state index is 0.0338. The molecule has 0 atom stereocenters. The lowest BCUT2D eigenvalue weighted by atomic mass is 10.3. The van der Waals surface area contributed by atoms with E-state index in [9.17, 15) is 4.39 Å². The molecule has 16 heavy (non-hydrogen) atoms. The molecule has 0 aliphatic heterocycles. The van der Waals surface area contributed by atoms with Crippen LogP contribution in [0.2, 0.25) is 0 Å². The molecule has 0 aliphatic rings. The van der Waals surface area contributed by atoms with Crippen LogP contribution in [0.5, 0.6) is 0 Å². The number of halogens is 1. The molecule has 0 saturated heterocycles. The monoisotopic (exact) mass is 227 g/mol. The molecule has 1 rings (SSSR count). The number of benzene rings is 1. The Labute approximate surface area is 95.5 Å². The molecule has 90 valence electrons. The zero-order valence-electron chi connectivity index (χ0n) is 9.53. The van der Waals surface area contributed by atoms with Crippen LogP contribution in [0.3, 0.4) is 0 Å². The number of hydrogen-bond donors (Lipinski definition) is 1. The van der Waals surface area contributed by atoms with E-state index in [1.165, 1.54) is 12.1 Å². The maximum Gasteiger partial charge on any atom is 0.125 e. The van der Waals surface area contributed by atoms with Gasteiger partial charge in [0.2, 0.25) is 0 Å². The van der Waals surface area contributed by atoms with Gasteiger partial charge in [0.05, 0.1) is 19.8 Å². The predicted octanol–water partition coefficient (Wildman–Crippen LogP) is 1.66. The summed E-state index contributed by atoms with van der Waals surface area (Å²) in [6.07, 6.45) is 0. The molecule has 1 N–H and O–H groups in total. The third kappa shape index (κ3) is 4.16. The number of rotatable bonds is 7. The van der Waals surface area contributed by atoms with E-state index in [2.05, 4.69) is 0 Å². The summed E-state index contributed by atoms with van der Waals surface area (Å²) in [7, 11) is 0. The third-order valence-corrected chi connectivity index (χ3v) is 2.30. The van der Waals surface area contributed by atoms with Crippen molar-refractivity contribution in [3.05, 3.63) is 30.1 Å². The third-order valence-electron chi connectivity index (χ3n) is 2.30. The lowest BCUT2D eigenvalue weighted by Gasteiger charge is -2.22. The molecular formula is C12H18FNO2. The standard InChI is InChI=1S/C12H18FNO2/c1-2-14(6-8-16-9-7-15)12-5-3-4-11(13)10-12/h3-5,10,15H,2,6-9H2,1H3. The average molecular weight is 227 g/mol. The SMILES string of the molecule is CCN(CCOCCO)c1cccc(F)c1. The number of hydrogen-bond acceptors (Lipinski definition) is 3. The number of aliphatic hydroxyl groups is 1. The molecule has 0 radical (unpaired) electrons. The van der Waals surface area contributed by atoms with Crippen molar-refractivity contribution < 1.29 is 14.2 Å². The van der Waals surface area contributed by atoms with Gasteiger partial charge in [-0.05, 0) is 25.1 Å². The van der Waals surface area contributed by atoms with Gasteiger partial charge >= 0.3 is 0 Å². The van der Waals surface area contributed by atoms with Crippen LogP contribution in [0.25, 0.3) is 0 Å². The van der Waals surface area contributed by atoms with Crippen molar-refractivity contribution in [2.45, 2.75) is 6.92 Å². The summed E-state index contributed by atoms with van der Waals surface area (Å²) in [5.41, 5.74) is 0.857. The van der Waals surface area contributed by atoms with Gasteiger partial charge in [-0.3, -0.25) is 0 Å². The van der Waals surface area contributed by atoms with Crippen molar-refractivity contribution in [2.24, 2.45) is 0 Å². The number of likely N-dealkylation sites (N-methyl/N-ethyl adjacent to an activating group) is 1. The minimum Gasteiger partial charge on any atom is -0.394 e. The van der Waals surface area contributed by atoms with E-state index in [4.69, 9.17) is 9.84 Å². The van der Waals surface area contributed by atoms with Crippen molar-refractivity contribution in [3.8, 4) is 0 Å². The van der Waals surface area contributed by atoms with Gasteiger partial charge in [0.15, 0.2) is 0 Å². The summed E-state index contributed by atoms with van der Waals surface area (Å²) < 4.78 is 18.2. The summed E-state index contributed by atoms with van der Waals surface area (Å²) in [4.78, 5) is 2.03. The Balaban J connectivity index is 2.47. The maximum atomic E-state index is 13.0. The Morgan fingerprint density at radius 3 is 2.81 bits per heavy atom. The highest BCUT2D eigenvalue weighted by atomic mass is 19.1. The van der Waals surface area contributed by atoms with Gasteiger partial charge in [0.1, 0.15) is 5.82 Å². The van der Waals surface area contributed by atoms with Crippen LogP contribution >= 0.6 is 0 Å². The molecule has 0 unspecified atom stereocenters. The summed E-state index contributed by atoms with van der Waals surface area (Å²) >= 11 is 0. The first-order valence-electron chi connectivity index (χ1n) is 5.47. The van der Waals surface area contributed by atoms with E-state index in [1.54, 1.807) is 6.07 Å². The van der Waals surface area contributed by atoms with Crippen molar-refractivity contribution in [1.29, 1.82) is 0 Å². The predicted molar refractivity (Wildman–Crippen MR) is 62.2 cm³/mol. The van der Waals surface area contributed by atoms with Crippen molar-refractivity contribution in [3.63, 3.8) is 0 Å². The molecule has 0 aliphatic carbocycles. The van der Waals surface area contributed by atoms with Crippen LogP contribution in [0.15, 0.2) is 24.3 Å². The molecule has 4 heteroatoms. The second kappa shape index (κ2) is 7.19. The number of ether oxygens (including phenoxy) is 1. The maximum absolute atomic E-state index is 13.0. The Hall–Kier alpha value is -1.13. The highest BCUT2D eigenvalue weighted by Gasteiger charge is 2.04. The van der Waals surface area contributed by atoms with Crippen molar-refractivity contribution >= 4 is 5.69 Å². The molecule has 1 aromatic carbocycles. The Morgan fingerprint density at radius 2 is 2.19 bits per heavy atom. The first-order chi connectivity index (χ1) is 7.77. The summed E-state index contributed by atoms with van der Waals surface area (Å²) in [6, 6.07) is 6.51. The van der Waals surface area contributed by atoms with Crippen LogP contribution in [0.1, 0.15) is 6.92 Å². The number of nitrogens with zero attached hydrogens (tertiary/aromatic N) is 1. The average Bonchev–Trinajstić information content (AvgIpc) is 2.29. The molecule has 1 aromatic rings. The molecule has 0 aromatic heterocycles. The lowest BCUT2D eigenvalue weighted by molar-refractivity contribution is 0.0967. The summed E-state index contributed by atoms with van der Waals surface area (Å²) in [5.74, 6) is -0.229. The van der Waals surface area contributed by atoms with Gasteiger partial charge < -0.3 is 14.7 Å². The Kier molecular flexibility index (Phi) is 5.82. The molecular weight excluding hydrogens is 209 g/mol. The van der Waals surface area contributed by atoms with E-state index in [0.717, 1.165) is 12.2 Å². The van der Waals surface area contributed by atoms with Crippen LogP contribution in [0, 0.1) is 5.82 Å². The second-order valence-corrected chi connectivity index (χ2v) is 3.40. The van der Waals surface area contributed by atoms with Crippen molar-refractivity contribution in [1.82, 2.24) is 0 Å². The van der Waals surface area contributed by atoms with E-state index < -0.39 is 0 Å². The summed E-state index contributed by atoms with van der Waals surface area (Å²) in [5, 5.41) is 8.55. The zero-order valence-corrected chi connectivity index (χ0v) is 9.53. The fourth-order valence-corrected chi connectivity index (χ4v) is 1.48. The highest BCUT2D eigenvalue weighted by Crippen LogP contribution is 2.14. The first kappa shape index (κ1) is 12.9. The molecule has 0 heterocycles. The quantitative estimate of drug-likeness (QED) is 0.719. The fourth-order valence-electron chi connectivity index (χ4n) is 1.48. The number of anilines is 1. The summed E-state index contributed by atoms with van der Waals surface area (Å²) in [6.45, 7) is 4.42. The van der Waals surface area contributed by atoms with Gasteiger partial charge in [-0.25, -0.2) is 4.39 Å². The molecule has 3 nitrogen and oxygen atoms in total. The van der Waals surface area contributed by atoms with Crippen LogP contribution in [-0.4, -0.2) is 38.0 Å². The molecule has 0 spiro atoms. The topological polar surface area (TPSA) is 32.7 Å². The Bertz CT molecular complexity index is 307. The molecule has 0 fully saturated rings. The van der Waals surface area contributed by atoms with E-state index >= 15 is 0 Å². The van der Waals surface area contributed by atoms with Crippen LogP contribution < -0.4 is 4.90 Å². The zero-order chi connectivity index (χ0) is 11.8. The van der Waals surface area contributed by atoms with Crippen molar-refractivity contribution in [2.75, 3.05) is 37.8 Å². The van der Waals surface area contributed by atoms with Gasteiger partial charge in [-0.15, -0.1) is 0 Å². The largest absolute Gasteiger partial charge is 0.394 e. The minimum atomic E-state index is -0.229. The second-order valence-electron chi connectivity index (χ2n) is 3.40. The Morgan fingerprint density at radius 1 is 1.38 bits per heavy atom. The smallest absolute Gasteiger partial charge is 0.125 e. The highest BCUT2D eigenvalue weighted by molar-refractivity contribution is 5.46. The van der Waals surface area contributed by atoms with Crippen LogP contribution in [-0.2, 0) is 4.74 Å². The van der Waals surface area contributed by atoms with Gasteiger partial charge in [-0.2, -0.15) is 0 Å². The number of aliphatic hydroxyl groups excluding tert-OH is 1. The van der Waals surface area contributed by atoms with E-state index in [-0.39, 0.29) is 12.4 Å². The lowest BCUT2D eigenvalue weighted by Crippen LogP contribution is -2.27.